The van der Waals surface area contributed by atoms with Gasteiger partial charge in [0.2, 0.25) is 0 Å². The molecule has 1 aromatic rings. The summed E-state index contributed by atoms with van der Waals surface area (Å²) in [5.41, 5.74) is 2.64. The fraction of sp³-hybridized carbons (Fsp3) is 0.667. The van der Waals surface area contributed by atoms with Crippen LogP contribution in [0.3, 0.4) is 0 Å². The van der Waals surface area contributed by atoms with Crippen LogP contribution >= 0.6 is 0 Å². The first kappa shape index (κ1) is 18.0. The molecule has 0 spiro atoms. The largest absolute Gasteiger partial charge is 0.395 e. The molecule has 3 heteroatoms. The lowest BCUT2D eigenvalue weighted by atomic mass is 10.1. The van der Waals surface area contributed by atoms with Gasteiger partial charge in [-0.1, -0.05) is 26.0 Å². The number of aliphatic hydroxyl groups excluding tert-OH is 1. The lowest BCUT2D eigenvalue weighted by Gasteiger charge is -2.32. The molecule has 0 saturated carbocycles. The highest BCUT2D eigenvalue weighted by atomic mass is 16.3. The van der Waals surface area contributed by atoms with Gasteiger partial charge >= 0.3 is 0 Å². The minimum atomic E-state index is 0.136. The van der Waals surface area contributed by atoms with Gasteiger partial charge in [-0.15, -0.1) is 0 Å². The van der Waals surface area contributed by atoms with Crippen LogP contribution in [-0.2, 0) is 6.54 Å². The smallest absolute Gasteiger partial charge is 0.0606 e. The second-order valence-electron chi connectivity index (χ2n) is 6.66. The van der Waals surface area contributed by atoms with E-state index in [0.717, 1.165) is 19.4 Å². The molecule has 0 fully saturated rings. The normalized spacial score (nSPS) is 12.0. The van der Waals surface area contributed by atoms with Crippen LogP contribution in [0.25, 0.3) is 0 Å². The highest BCUT2D eigenvalue weighted by Crippen LogP contribution is 2.21. The molecule has 120 valence electrons. The van der Waals surface area contributed by atoms with Crippen molar-refractivity contribution in [2.75, 3.05) is 18.1 Å². The van der Waals surface area contributed by atoms with Crippen molar-refractivity contribution in [3.8, 4) is 0 Å². The molecule has 3 nitrogen and oxygen atoms in total. The predicted octanol–water partition coefficient (Wildman–Crippen LogP) is 3.56. The average Bonchev–Trinajstić information content (AvgIpc) is 2.45. The number of aliphatic hydroxyl groups is 1. The van der Waals surface area contributed by atoms with Gasteiger partial charge in [0.15, 0.2) is 0 Å². The van der Waals surface area contributed by atoms with Gasteiger partial charge in [-0.2, -0.15) is 0 Å². The first-order valence-corrected chi connectivity index (χ1v) is 8.12. The molecule has 21 heavy (non-hydrogen) atoms. The molecule has 0 aromatic heterocycles. The lowest BCUT2D eigenvalue weighted by Crippen LogP contribution is -2.37. The molecule has 0 heterocycles. The van der Waals surface area contributed by atoms with Gasteiger partial charge < -0.3 is 15.3 Å². The second-order valence-corrected chi connectivity index (χ2v) is 6.66. The van der Waals surface area contributed by atoms with E-state index in [4.69, 9.17) is 0 Å². The summed E-state index contributed by atoms with van der Waals surface area (Å²) < 4.78 is 0. The Balaban J connectivity index is 2.77. The Labute approximate surface area is 130 Å². The van der Waals surface area contributed by atoms with Gasteiger partial charge in [0.1, 0.15) is 0 Å². The molecular formula is C18H32N2O. The number of nitrogens with zero attached hydrogens (tertiary/aromatic N) is 1. The third-order valence-corrected chi connectivity index (χ3v) is 3.82. The van der Waals surface area contributed by atoms with Crippen molar-refractivity contribution in [3.63, 3.8) is 0 Å². The average molecular weight is 292 g/mol. The molecule has 1 rings (SSSR count). The highest BCUT2D eigenvalue weighted by Gasteiger charge is 2.15. The SMILES string of the molecule is CCC(CC)N(CCO)c1ccc(CNC(C)(C)C)cc1. The van der Waals surface area contributed by atoms with Crippen LogP contribution in [-0.4, -0.2) is 29.8 Å². The van der Waals surface area contributed by atoms with Crippen LogP contribution in [0.1, 0.15) is 53.0 Å². The number of hydrogen-bond donors (Lipinski definition) is 2. The fourth-order valence-electron chi connectivity index (χ4n) is 2.53. The van der Waals surface area contributed by atoms with Gasteiger partial charge in [-0.25, -0.2) is 0 Å². The van der Waals surface area contributed by atoms with Crippen LogP contribution in [0.15, 0.2) is 24.3 Å². The van der Waals surface area contributed by atoms with Crippen molar-refractivity contribution >= 4 is 5.69 Å². The summed E-state index contributed by atoms with van der Waals surface area (Å²) in [5.74, 6) is 0. The summed E-state index contributed by atoms with van der Waals surface area (Å²) in [6, 6.07) is 9.21. The van der Waals surface area contributed by atoms with Crippen molar-refractivity contribution in [1.29, 1.82) is 0 Å². The van der Waals surface area contributed by atoms with E-state index in [1.54, 1.807) is 0 Å². The Hall–Kier alpha value is -1.06. The third kappa shape index (κ3) is 6.06. The van der Waals surface area contributed by atoms with E-state index in [9.17, 15) is 5.11 Å². The Kier molecular flexibility index (Phi) is 7.20. The van der Waals surface area contributed by atoms with Crippen molar-refractivity contribution in [3.05, 3.63) is 29.8 Å². The topological polar surface area (TPSA) is 35.5 Å². The molecule has 0 saturated heterocycles. The molecule has 0 bridgehead atoms. The van der Waals surface area contributed by atoms with Crippen LogP contribution in [0.2, 0.25) is 0 Å². The summed E-state index contributed by atoms with van der Waals surface area (Å²) in [5, 5.41) is 12.8. The second kappa shape index (κ2) is 8.40. The molecule has 2 N–H and O–H groups in total. The van der Waals surface area contributed by atoms with Crippen LogP contribution in [0.5, 0.6) is 0 Å². The van der Waals surface area contributed by atoms with E-state index in [2.05, 4.69) is 69.1 Å². The summed E-state index contributed by atoms with van der Waals surface area (Å²) in [6.07, 6.45) is 2.20. The number of hydrogen-bond acceptors (Lipinski definition) is 3. The van der Waals surface area contributed by atoms with Gasteiger partial charge in [0, 0.05) is 30.4 Å². The lowest BCUT2D eigenvalue weighted by molar-refractivity contribution is 0.296. The Morgan fingerprint density at radius 1 is 1.10 bits per heavy atom. The minimum Gasteiger partial charge on any atom is -0.395 e. The quantitative estimate of drug-likeness (QED) is 0.769. The first-order chi connectivity index (χ1) is 9.91. The maximum absolute atomic E-state index is 9.31. The van der Waals surface area contributed by atoms with E-state index in [1.165, 1.54) is 11.3 Å². The zero-order valence-electron chi connectivity index (χ0n) is 14.3. The van der Waals surface area contributed by atoms with Crippen molar-refractivity contribution < 1.29 is 5.11 Å². The summed E-state index contributed by atoms with van der Waals surface area (Å²) >= 11 is 0. The molecule has 0 aliphatic heterocycles. The van der Waals surface area contributed by atoms with Crippen molar-refractivity contribution in [2.24, 2.45) is 0 Å². The van der Waals surface area contributed by atoms with Crippen LogP contribution in [0, 0.1) is 0 Å². The predicted molar refractivity (Wildman–Crippen MR) is 91.8 cm³/mol. The number of anilines is 1. The van der Waals surface area contributed by atoms with E-state index in [0.29, 0.717) is 12.6 Å². The minimum absolute atomic E-state index is 0.136. The molecule has 1 aromatic carbocycles. The monoisotopic (exact) mass is 292 g/mol. The van der Waals surface area contributed by atoms with Crippen molar-refractivity contribution in [2.45, 2.75) is 65.6 Å². The summed E-state index contributed by atoms with van der Waals surface area (Å²) in [4.78, 5) is 2.32. The van der Waals surface area contributed by atoms with Crippen LogP contribution in [0.4, 0.5) is 5.69 Å². The Bertz CT molecular complexity index is 391. The number of benzene rings is 1. The molecule has 0 unspecified atom stereocenters. The molecule has 0 aliphatic rings. The molecule has 0 amide bonds. The molecule has 0 atom stereocenters. The maximum atomic E-state index is 9.31. The van der Waals surface area contributed by atoms with E-state index < -0.39 is 0 Å². The van der Waals surface area contributed by atoms with Gasteiger partial charge in [-0.3, -0.25) is 0 Å². The Morgan fingerprint density at radius 2 is 1.67 bits per heavy atom. The third-order valence-electron chi connectivity index (χ3n) is 3.82. The van der Waals surface area contributed by atoms with Crippen molar-refractivity contribution in [1.82, 2.24) is 5.32 Å². The van der Waals surface area contributed by atoms with Crippen LogP contribution < -0.4 is 10.2 Å². The molecule has 0 aliphatic carbocycles. The Morgan fingerprint density at radius 3 is 2.10 bits per heavy atom. The van der Waals surface area contributed by atoms with Gasteiger partial charge in [-0.05, 0) is 51.3 Å². The van der Waals surface area contributed by atoms with E-state index in [1.807, 2.05) is 0 Å². The number of nitrogens with one attached hydrogen (secondary N) is 1. The summed E-state index contributed by atoms with van der Waals surface area (Å²) in [7, 11) is 0. The standard InChI is InChI=1S/C18H32N2O/c1-6-16(7-2)20(12-13-21)17-10-8-15(9-11-17)14-19-18(3,4)5/h8-11,16,19,21H,6-7,12-14H2,1-5H3. The highest BCUT2D eigenvalue weighted by molar-refractivity contribution is 5.48. The zero-order valence-corrected chi connectivity index (χ0v) is 14.3. The van der Waals surface area contributed by atoms with Gasteiger partial charge in [0.25, 0.3) is 0 Å². The molecule has 0 radical (unpaired) electrons. The maximum Gasteiger partial charge on any atom is 0.0606 e. The first-order valence-electron chi connectivity index (χ1n) is 8.12. The van der Waals surface area contributed by atoms with E-state index >= 15 is 0 Å². The zero-order chi connectivity index (χ0) is 15.9. The number of rotatable bonds is 8. The van der Waals surface area contributed by atoms with E-state index in [-0.39, 0.29) is 12.1 Å². The summed E-state index contributed by atoms with van der Waals surface area (Å²) in [6.45, 7) is 12.7. The van der Waals surface area contributed by atoms with Gasteiger partial charge in [0.05, 0.1) is 6.61 Å². The fourth-order valence-corrected chi connectivity index (χ4v) is 2.53. The molecular weight excluding hydrogens is 260 g/mol.